The van der Waals surface area contributed by atoms with Crippen LogP contribution in [-0.4, -0.2) is 96.9 Å². The summed E-state index contributed by atoms with van der Waals surface area (Å²) in [5.41, 5.74) is 17.9. The molecule has 3 N–H and O–H groups in total. The lowest BCUT2D eigenvalue weighted by Crippen LogP contribution is -2.23. The van der Waals surface area contributed by atoms with Gasteiger partial charge in [-0.2, -0.15) is 0 Å². The number of carbonyl (C=O) groups is 2. The Labute approximate surface area is 456 Å². The predicted molar refractivity (Wildman–Crippen MR) is 303 cm³/mol. The van der Waals surface area contributed by atoms with Crippen LogP contribution in [0.3, 0.4) is 0 Å². The van der Waals surface area contributed by atoms with Gasteiger partial charge < -0.3 is 43.7 Å². The number of aliphatic imine (C=N–C) groups is 2. The molecule has 0 fully saturated rings. The third kappa shape index (κ3) is 11.1. The number of allylic oxidation sites excluding steroid dienone is 2. The van der Waals surface area contributed by atoms with Crippen molar-refractivity contribution in [3.63, 3.8) is 0 Å². The highest BCUT2D eigenvalue weighted by Crippen LogP contribution is 2.47. The Kier molecular flexibility index (Phi) is 16.2. The number of carbonyl (C=O) groups excluding carboxylic acids is 2. The third-order valence-electron chi connectivity index (χ3n) is 15.9. The van der Waals surface area contributed by atoms with E-state index in [0.717, 1.165) is 96.3 Å². The molecule has 8 bridgehead atoms. The number of nitrogens with one attached hydrogen (secondary N) is 3. The number of rotatable bonds is 18. The van der Waals surface area contributed by atoms with Gasteiger partial charge in [0.1, 0.15) is 25.4 Å². The first kappa shape index (κ1) is 53.7. The van der Waals surface area contributed by atoms with Gasteiger partial charge in [0.2, 0.25) is 0 Å². The van der Waals surface area contributed by atoms with Crippen LogP contribution in [0.25, 0.3) is 17.0 Å². The van der Waals surface area contributed by atoms with Crippen LogP contribution >= 0.6 is 0 Å². The fourth-order valence-electron chi connectivity index (χ4n) is 11.7. The molecule has 3 unspecified atom stereocenters. The number of fused-ring (bicyclic) bond motifs is 7. The number of esters is 1. The summed E-state index contributed by atoms with van der Waals surface area (Å²) in [6.45, 7) is 14.9. The maximum atomic E-state index is 13.9. The maximum absolute atomic E-state index is 13.9. The first-order valence-corrected chi connectivity index (χ1v) is 27.1. The van der Waals surface area contributed by atoms with Crippen molar-refractivity contribution in [3.05, 3.63) is 146 Å². The van der Waals surface area contributed by atoms with E-state index in [-0.39, 0.29) is 48.1 Å². The Hall–Kier alpha value is -7.64. The van der Waals surface area contributed by atoms with Crippen molar-refractivity contribution in [1.29, 1.82) is 0 Å². The second-order valence-corrected chi connectivity index (χ2v) is 20.7. The molecule has 78 heavy (non-hydrogen) atoms. The number of methoxy groups -OCH3 is 3. The van der Waals surface area contributed by atoms with E-state index in [4.69, 9.17) is 38.4 Å². The van der Waals surface area contributed by atoms with Gasteiger partial charge in [0, 0.05) is 137 Å². The highest BCUT2D eigenvalue weighted by molar-refractivity contribution is 6.11. The topological polar surface area (TPSA) is 184 Å². The monoisotopic (exact) mass is 1050 g/mol. The van der Waals surface area contributed by atoms with Crippen LogP contribution in [0.5, 0.6) is 11.5 Å². The normalized spacial score (nSPS) is 18.8. The summed E-state index contributed by atoms with van der Waals surface area (Å²) in [6, 6.07) is 19.8. The molecule has 0 saturated heterocycles. The molecule has 3 aromatic carbocycles. The first-order chi connectivity index (χ1) is 37.8. The zero-order valence-corrected chi connectivity index (χ0v) is 46.1. The number of aromatic amines is 2. The number of anilines is 2. The quantitative estimate of drug-likeness (QED) is 0.0423. The molecule has 0 spiro atoms. The number of hydrogen-bond donors (Lipinski definition) is 3. The summed E-state index contributed by atoms with van der Waals surface area (Å²) < 4.78 is 34.3. The third-order valence-corrected chi connectivity index (χ3v) is 15.9. The molecule has 0 amide bonds. The first-order valence-electron chi connectivity index (χ1n) is 27.1. The maximum Gasteiger partial charge on any atom is 0.305 e. The van der Waals surface area contributed by atoms with Crippen LogP contribution in [0.15, 0.2) is 93.8 Å². The zero-order chi connectivity index (χ0) is 54.6. The Bertz CT molecular complexity index is 3460. The highest BCUT2D eigenvalue weighted by Gasteiger charge is 2.44. The number of nitrogens with zero attached hydrogens (tertiary/aromatic N) is 4. The van der Waals surface area contributed by atoms with Crippen LogP contribution in [0.2, 0.25) is 0 Å². The lowest BCUT2D eigenvalue weighted by molar-refractivity contribution is -0.140. The van der Waals surface area contributed by atoms with Crippen molar-refractivity contribution in [2.45, 2.75) is 105 Å². The van der Waals surface area contributed by atoms with E-state index in [0.29, 0.717) is 81.6 Å². The lowest BCUT2D eigenvalue weighted by atomic mass is 9.81. The number of Topliss-reactive ketones (excluding diaryl/α,β-unsaturated/α-hetero) is 1. The molecule has 6 aromatic rings. The van der Waals surface area contributed by atoms with Crippen LogP contribution in [-0.2, 0) is 43.2 Å². The summed E-state index contributed by atoms with van der Waals surface area (Å²) in [5, 5.41) is 4.23. The highest BCUT2D eigenvalue weighted by atomic mass is 16.5. The second kappa shape index (κ2) is 23.5. The minimum absolute atomic E-state index is 0.00713. The van der Waals surface area contributed by atoms with Crippen LogP contribution in [0, 0.1) is 37.5 Å². The molecule has 10 rings (SSSR count). The molecule has 6 heterocycles. The molecule has 3 aromatic heterocycles. The molecule has 4 aliphatic rings. The molecule has 404 valence electrons. The van der Waals surface area contributed by atoms with Crippen molar-refractivity contribution in [2.75, 3.05) is 53.1 Å². The van der Waals surface area contributed by atoms with E-state index in [1.807, 2.05) is 48.5 Å². The van der Waals surface area contributed by atoms with Gasteiger partial charge in [0.15, 0.2) is 17.3 Å². The summed E-state index contributed by atoms with van der Waals surface area (Å²) >= 11 is 0. The summed E-state index contributed by atoms with van der Waals surface area (Å²) in [5.74, 6) is 8.09. The fraction of sp³-hybridized carbons (Fsp3) is 0.397. The van der Waals surface area contributed by atoms with Gasteiger partial charge in [0.05, 0.1) is 44.6 Å². The van der Waals surface area contributed by atoms with Crippen molar-refractivity contribution < 1.29 is 38.0 Å². The summed E-state index contributed by atoms with van der Waals surface area (Å²) in [6.07, 6.45) is 6.83. The van der Waals surface area contributed by atoms with Crippen molar-refractivity contribution in [2.24, 2.45) is 21.8 Å². The Morgan fingerprint density at radius 1 is 0.872 bits per heavy atom. The zero-order valence-electron chi connectivity index (χ0n) is 46.1. The smallest absolute Gasteiger partial charge is 0.305 e. The van der Waals surface area contributed by atoms with E-state index in [9.17, 15) is 9.59 Å². The number of benzene rings is 3. The molecule has 0 radical (unpaired) electrons. The largest absolute Gasteiger partial charge is 0.487 e. The minimum Gasteiger partial charge on any atom is -0.487 e. The molecular weight excluding hydrogens is 983 g/mol. The van der Waals surface area contributed by atoms with Crippen molar-refractivity contribution >= 4 is 51.7 Å². The molecule has 15 heteroatoms. The minimum atomic E-state index is -0.254. The summed E-state index contributed by atoms with van der Waals surface area (Å²) in [4.78, 5) is 53.9. The molecule has 1 aliphatic carbocycles. The predicted octanol–water partition coefficient (Wildman–Crippen LogP) is 11.4. The van der Waals surface area contributed by atoms with Crippen LogP contribution in [0.4, 0.5) is 11.5 Å². The van der Waals surface area contributed by atoms with Gasteiger partial charge in [-0.15, -0.1) is 0 Å². The number of ether oxygens (including phenoxy) is 6. The van der Waals surface area contributed by atoms with Crippen molar-refractivity contribution in [3.8, 4) is 23.3 Å². The molecular formula is C63H69N7O8. The fourth-order valence-corrected chi connectivity index (χ4v) is 11.7. The summed E-state index contributed by atoms with van der Waals surface area (Å²) in [7, 11) is 4.69. The van der Waals surface area contributed by atoms with Gasteiger partial charge in [-0.3, -0.25) is 19.6 Å². The van der Waals surface area contributed by atoms with Gasteiger partial charge in [-0.25, -0.2) is 9.97 Å². The van der Waals surface area contributed by atoms with E-state index in [2.05, 4.69) is 96.8 Å². The second-order valence-electron chi connectivity index (χ2n) is 20.7. The van der Waals surface area contributed by atoms with Gasteiger partial charge >= 0.3 is 5.97 Å². The number of hydrogen-bond acceptors (Lipinski definition) is 13. The lowest BCUT2D eigenvalue weighted by Gasteiger charge is -2.21. The molecule has 0 saturated carbocycles. The van der Waals surface area contributed by atoms with Crippen LogP contribution < -0.4 is 14.8 Å². The van der Waals surface area contributed by atoms with E-state index < -0.39 is 0 Å². The Morgan fingerprint density at radius 2 is 1.63 bits per heavy atom. The molecule has 5 atom stereocenters. The Morgan fingerprint density at radius 3 is 2.37 bits per heavy atom. The van der Waals surface area contributed by atoms with E-state index >= 15 is 0 Å². The van der Waals surface area contributed by atoms with Gasteiger partial charge in [-0.05, 0) is 111 Å². The van der Waals surface area contributed by atoms with Crippen molar-refractivity contribution in [1.82, 2.24) is 19.9 Å². The van der Waals surface area contributed by atoms with E-state index in [1.54, 1.807) is 14.2 Å². The number of H-pyrrole nitrogens is 2. The standard InChI is InChI=1S/C63H69N7O8/c1-10-44-35(2)48-31-54-59(37(4)50(68-54)29-49-36(3)45(20-21-58(72)75-9)61(69-49)47-27-55(71)60-38(5)51(70-62(47)60)30-53(44)67-48)39(6)78-33-42-18-15-40(16-19-42)14-17-41-12-11-13-43(26-41)66-63-46-28-56(76-24-22-73-7)57(77-25-23-74-8)32-52(46)64-34-65-63/h11-13,15-16,18-19,26,28-29,32,34,36,39,45,47-48,68,70H,10,20-25,27,30-31,33H2,1-9H3,(H,64,65,66)/t36-,39?,45-,47?,48?/m0/s1. The molecule has 15 nitrogen and oxygen atoms in total. The average Bonchev–Trinajstić information content (AvgIpc) is 4.21. The van der Waals surface area contributed by atoms with Gasteiger partial charge in [0.25, 0.3) is 0 Å². The Balaban J connectivity index is 0.875. The SMILES string of the molecule is CCC1=C(C)C2Cc3[nH]c(c(C)c3C(C)OCc3ccc(C#Cc4cccc(Nc5ncnc6cc(OCCOC)c(OCCOC)cc56)c4)cc3)C=C3N=C(C4CC(=O)c5c4[nH]c(c5C)CC1=N2)[C@@H](CCC(=O)OC)[C@@H]3C. The molecule has 3 aliphatic heterocycles. The van der Waals surface area contributed by atoms with E-state index in [1.165, 1.54) is 24.6 Å². The average molecular weight is 1050 g/mol. The number of aromatic nitrogens is 4. The van der Waals surface area contributed by atoms with Crippen LogP contribution in [0.1, 0.15) is 132 Å². The van der Waals surface area contributed by atoms with Gasteiger partial charge in [-0.1, -0.05) is 43.9 Å². The number of ketones is 1.